The van der Waals surface area contributed by atoms with Crippen molar-refractivity contribution in [3.05, 3.63) is 211 Å². The molecule has 0 unspecified atom stereocenters. The second-order valence-corrected chi connectivity index (χ2v) is 13.1. The summed E-state index contributed by atoms with van der Waals surface area (Å²) in [5.74, 6) is 0.927. The third kappa shape index (κ3) is 8.47. The maximum Gasteiger partial charge on any atom is 0.241 e. The van der Waals surface area contributed by atoms with Crippen molar-refractivity contribution < 1.29 is 24.7 Å². The van der Waals surface area contributed by atoms with Gasteiger partial charge < -0.3 is 18.7 Å². The van der Waals surface area contributed by atoms with Gasteiger partial charge >= 0.3 is 0 Å². The first-order valence-corrected chi connectivity index (χ1v) is 18.0. The SMILES string of the molecule is C[n+]1[c-]n(-c2[c-]cc(CCc3cccc(CCc4ccc(-c5[c-]cccc5)nc4)c3)cc2)cc1.[Ir].[c-]1cccc2c3ccccc3n(-c3ccccn3)c12. The summed E-state index contributed by atoms with van der Waals surface area (Å²) >= 11 is 0. The van der Waals surface area contributed by atoms with Crippen LogP contribution in [-0.2, 0) is 52.8 Å². The van der Waals surface area contributed by atoms with E-state index in [0.29, 0.717) is 0 Å². The molecule has 9 aromatic rings. The van der Waals surface area contributed by atoms with E-state index >= 15 is 0 Å². The minimum Gasteiger partial charge on any atom is -0.348 e. The molecule has 6 heteroatoms. The van der Waals surface area contributed by atoms with Crippen molar-refractivity contribution in [1.29, 1.82) is 0 Å². The summed E-state index contributed by atoms with van der Waals surface area (Å²) in [4.78, 5) is 9.09. The van der Waals surface area contributed by atoms with Gasteiger partial charge in [0.1, 0.15) is 5.82 Å². The molecule has 0 N–H and O–H groups in total. The summed E-state index contributed by atoms with van der Waals surface area (Å²) in [5, 5.41) is 2.45. The Balaban J connectivity index is 0.000000190. The molecule has 0 fully saturated rings. The monoisotopic (exact) mass is 877 g/mol. The molecular formula is C48H38IrN5-3. The normalized spacial score (nSPS) is 10.8. The van der Waals surface area contributed by atoms with Gasteiger partial charge in [0, 0.05) is 50.4 Å². The Morgan fingerprint density at radius 1 is 0.630 bits per heavy atom. The molecule has 0 amide bonds. The average Bonchev–Trinajstić information content (AvgIpc) is 3.82. The van der Waals surface area contributed by atoms with E-state index in [2.05, 4.69) is 124 Å². The Kier molecular flexibility index (Phi) is 11.6. The van der Waals surface area contributed by atoms with Crippen molar-refractivity contribution in [2.24, 2.45) is 7.05 Å². The summed E-state index contributed by atoms with van der Waals surface area (Å²) < 4.78 is 6.02. The summed E-state index contributed by atoms with van der Waals surface area (Å²) in [5.41, 5.74) is 10.6. The number of pyridine rings is 2. The number of benzene rings is 5. The number of hydrogen-bond acceptors (Lipinski definition) is 2. The number of aromatic nitrogens is 5. The third-order valence-corrected chi connectivity index (χ3v) is 9.40. The maximum atomic E-state index is 4.63. The van der Waals surface area contributed by atoms with Crippen molar-refractivity contribution in [1.82, 2.24) is 19.1 Å². The fourth-order valence-corrected chi connectivity index (χ4v) is 6.67. The fourth-order valence-electron chi connectivity index (χ4n) is 6.67. The summed E-state index contributed by atoms with van der Waals surface area (Å²) in [7, 11) is 1.97. The number of hydrogen-bond donors (Lipinski definition) is 0. The molecule has 0 aliphatic heterocycles. The molecule has 1 radical (unpaired) electrons. The number of nitrogens with zero attached hydrogens (tertiary/aromatic N) is 5. The van der Waals surface area contributed by atoms with Crippen LogP contribution in [0.3, 0.4) is 0 Å². The third-order valence-electron chi connectivity index (χ3n) is 9.40. The molecule has 54 heavy (non-hydrogen) atoms. The molecule has 0 spiro atoms. The van der Waals surface area contributed by atoms with Crippen LogP contribution in [0.4, 0.5) is 0 Å². The second kappa shape index (κ2) is 17.3. The number of imidazole rings is 1. The minimum absolute atomic E-state index is 0. The number of fused-ring (bicyclic) bond motifs is 3. The standard InChI is InChI=1S/C31H27N3.C17H11N2.Ir/c1-33-20-21-34(24-33)30-17-14-25(15-18-30)10-11-26-6-5-7-27(22-26)12-13-28-16-19-31(32-23-28)29-8-3-2-4-9-29;1-3-9-15-13(7-1)14-8-2-4-10-16(14)19(15)17-11-5-6-12-18-17;/h2-8,14-17,19-23H,10-13H2,1H3;1-9,11-12H;/q-2;-1;. The van der Waals surface area contributed by atoms with E-state index in [-0.39, 0.29) is 20.1 Å². The molecule has 4 heterocycles. The summed E-state index contributed by atoms with van der Waals surface area (Å²) in [6.45, 7) is 0. The molecule has 0 saturated carbocycles. The van der Waals surface area contributed by atoms with Crippen molar-refractivity contribution in [3.63, 3.8) is 0 Å². The minimum atomic E-state index is 0. The van der Waals surface area contributed by atoms with Crippen molar-refractivity contribution in [3.8, 4) is 22.8 Å². The van der Waals surface area contributed by atoms with E-state index in [1.54, 1.807) is 0 Å². The molecule has 4 aromatic heterocycles. The Labute approximate surface area is 330 Å². The van der Waals surface area contributed by atoms with Crippen molar-refractivity contribution in [2.75, 3.05) is 0 Å². The summed E-state index contributed by atoms with van der Waals surface area (Å²) in [6.07, 6.45) is 15.0. The molecule has 5 aromatic carbocycles. The predicted molar refractivity (Wildman–Crippen MR) is 212 cm³/mol. The Hall–Kier alpha value is -5.94. The summed E-state index contributed by atoms with van der Waals surface area (Å²) in [6, 6.07) is 58.0. The topological polar surface area (TPSA) is 39.5 Å². The van der Waals surface area contributed by atoms with Gasteiger partial charge in [0.2, 0.25) is 6.33 Å². The van der Waals surface area contributed by atoms with Crippen LogP contribution in [0.25, 0.3) is 44.6 Å². The second-order valence-electron chi connectivity index (χ2n) is 13.1. The first-order chi connectivity index (χ1) is 26.2. The van der Waals surface area contributed by atoms with Gasteiger partial charge in [-0.05, 0) is 65.2 Å². The zero-order valence-corrected chi connectivity index (χ0v) is 32.4. The molecule has 0 atom stereocenters. The Morgan fingerprint density at radius 3 is 2.11 bits per heavy atom. The van der Waals surface area contributed by atoms with E-state index in [4.69, 9.17) is 0 Å². The van der Waals surface area contributed by atoms with Crippen LogP contribution in [0.5, 0.6) is 0 Å². The molecule has 0 aliphatic carbocycles. The molecule has 0 aliphatic rings. The number of rotatable bonds is 9. The van der Waals surface area contributed by atoms with Gasteiger partial charge in [0.15, 0.2) is 0 Å². The van der Waals surface area contributed by atoms with Crippen LogP contribution in [0.1, 0.15) is 22.3 Å². The van der Waals surface area contributed by atoms with Gasteiger partial charge in [-0.2, -0.15) is 54.1 Å². The van der Waals surface area contributed by atoms with E-state index in [1.807, 2.05) is 95.6 Å². The van der Waals surface area contributed by atoms with Crippen LogP contribution >= 0.6 is 0 Å². The van der Waals surface area contributed by atoms with Crippen molar-refractivity contribution in [2.45, 2.75) is 25.7 Å². The zero-order chi connectivity index (χ0) is 35.8. The number of aryl methyl sites for hydroxylation is 5. The zero-order valence-electron chi connectivity index (χ0n) is 30.0. The smallest absolute Gasteiger partial charge is 0.241 e. The first kappa shape index (κ1) is 36.4. The van der Waals surface area contributed by atoms with Gasteiger partial charge in [-0.1, -0.05) is 78.3 Å². The Bertz CT molecular complexity index is 2500. The molecule has 267 valence electrons. The van der Waals surface area contributed by atoms with Gasteiger partial charge in [-0.25, -0.2) is 4.98 Å². The average molecular weight is 877 g/mol. The van der Waals surface area contributed by atoms with Gasteiger partial charge in [-0.15, -0.1) is 41.3 Å². The van der Waals surface area contributed by atoms with Crippen LogP contribution in [0.2, 0.25) is 0 Å². The number of para-hydroxylation sites is 2. The van der Waals surface area contributed by atoms with Gasteiger partial charge in [0.25, 0.3) is 0 Å². The van der Waals surface area contributed by atoms with Crippen LogP contribution in [0, 0.1) is 24.5 Å². The fraction of sp³-hybridized carbons (Fsp3) is 0.104. The van der Waals surface area contributed by atoms with Crippen LogP contribution in [-0.4, -0.2) is 19.1 Å². The van der Waals surface area contributed by atoms with Crippen LogP contribution < -0.4 is 4.57 Å². The first-order valence-electron chi connectivity index (χ1n) is 18.0. The largest absolute Gasteiger partial charge is 0.348 e. The molecule has 9 rings (SSSR count). The van der Waals surface area contributed by atoms with Gasteiger partial charge in [0.05, 0.1) is 7.05 Å². The molecule has 0 saturated heterocycles. The molecule has 0 bridgehead atoms. The maximum absolute atomic E-state index is 4.63. The van der Waals surface area contributed by atoms with Gasteiger partial charge in [-0.3, -0.25) is 0 Å². The van der Waals surface area contributed by atoms with E-state index < -0.39 is 0 Å². The predicted octanol–water partition coefficient (Wildman–Crippen LogP) is 9.31. The van der Waals surface area contributed by atoms with E-state index in [9.17, 15) is 0 Å². The van der Waals surface area contributed by atoms with Crippen molar-refractivity contribution >= 4 is 21.8 Å². The molecule has 5 nitrogen and oxygen atoms in total. The van der Waals surface area contributed by atoms with E-state index in [0.717, 1.165) is 54.0 Å². The molecular weight excluding hydrogens is 839 g/mol. The van der Waals surface area contributed by atoms with Crippen LogP contribution in [0.15, 0.2) is 164 Å². The Morgan fingerprint density at radius 2 is 1.39 bits per heavy atom. The quantitative estimate of drug-likeness (QED) is 0.107. The van der Waals surface area contributed by atoms with E-state index in [1.165, 1.54) is 38.5 Å².